The summed E-state index contributed by atoms with van der Waals surface area (Å²) in [7, 11) is 1.25. The summed E-state index contributed by atoms with van der Waals surface area (Å²) >= 11 is 0. The third-order valence-corrected chi connectivity index (χ3v) is 16.7. The molecule has 16 atom stereocenters. The Balaban J connectivity index is 1.15. The predicted octanol–water partition coefficient (Wildman–Crippen LogP) is 6.79. The van der Waals surface area contributed by atoms with Gasteiger partial charge in [-0.05, 0) is 60.3 Å². The van der Waals surface area contributed by atoms with E-state index in [4.69, 9.17) is 48.4 Å². The van der Waals surface area contributed by atoms with E-state index in [1.54, 1.807) is 29.6 Å². The van der Waals surface area contributed by atoms with Gasteiger partial charge in [0.1, 0.15) is 49.3 Å². The lowest BCUT2D eigenvalue weighted by Crippen LogP contribution is -2.68. The normalized spacial score (nSPS) is 29.7. The molecule has 21 heteroatoms. The number of carbonyl (C=O) groups excluding carboxylic acids is 4. The maximum Gasteiger partial charge on any atom is 0.471 e. The molecule has 4 fully saturated rings. The molecule has 18 nitrogen and oxygen atoms in total. The van der Waals surface area contributed by atoms with Gasteiger partial charge in [0.25, 0.3) is 0 Å². The first-order valence-electron chi connectivity index (χ1n) is 29.1. The van der Waals surface area contributed by atoms with Crippen molar-refractivity contribution >= 4 is 23.8 Å². The average molecular weight is 1180 g/mol. The van der Waals surface area contributed by atoms with Crippen LogP contribution in [0, 0.1) is 23.7 Å². The number of carbonyl (C=O) groups is 4. The number of benzene rings is 4. The summed E-state index contributed by atoms with van der Waals surface area (Å²) in [4.78, 5) is 54.0. The van der Waals surface area contributed by atoms with E-state index in [1.165, 1.54) is 7.11 Å². The van der Waals surface area contributed by atoms with E-state index >= 15 is 0 Å². The maximum atomic E-state index is 14.3. The molecule has 2 saturated heterocycles. The minimum absolute atomic E-state index is 0.0164. The van der Waals surface area contributed by atoms with E-state index in [0.717, 1.165) is 48.8 Å². The first-order valence-corrected chi connectivity index (χ1v) is 29.1. The zero-order valence-electron chi connectivity index (χ0n) is 47.7. The van der Waals surface area contributed by atoms with E-state index in [2.05, 4.69) is 5.32 Å². The van der Waals surface area contributed by atoms with Crippen molar-refractivity contribution in [1.29, 1.82) is 0 Å². The van der Waals surface area contributed by atoms with Gasteiger partial charge < -0.3 is 69.2 Å². The number of esters is 2. The summed E-state index contributed by atoms with van der Waals surface area (Å²) in [5.41, 5.74) is 10.7. The Morgan fingerprint density at radius 1 is 0.714 bits per heavy atom. The lowest BCUT2D eigenvalue weighted by atomic mass is 9.67. The standard InChI is InChI=1S/C63H80F3N3O15/c1-38-45(59(73)76-3)30-47(46(52(38)67)31-48-56(78-35-42-23-13-6-14-24-42)58(79-36-43-25-15-7-16-26-43)55(39(2)81-48)77-34-41-21-11-5-12-22-41)83-61-53(69-51(71)32-68-62(75)63(64,65)66)57(54(72)50(33-70)84-61)82-49(29-40-19-9-4-10-20-40)60(74)80-37-44-27-17-8-18-28-44/h5-8,11-18,21-28,38-40,45-50,52-58,61,70,72H,4,9-10,19-20,29-37,67H2,1-3H3,(H,68,75)(H,69,71)/t38-,39?,45?,46?,47?,48?,49+,50+,52?,53?,54?,55?,56?,57?,58?,61-/m1/s1. The number of ether oxygens (including phenoxy) is 9. The monoisotopic (exact) mass is 1180 g/mol. The number of halogens is 3. The van der Waals surface area contributed by atoms with Gasteiger partial charge in [-0.15, -0.1) is 0 Å². The van der Waals surface area contributed by atoms with Gasteiger partial charge in [-0.25, -0.2) is 4.79 Å². The number of alkyl halides is 3. The van der Waals surface area contributed by atoms with Crippen molar-refractivity contribution in [2.24, 2.45) is 29.4 Å². The molecule has 2 aliphatic carbocycles. The van der Waals surface area contributed by atoms with Crippen LogP contribution in [-0.4, -0.2) is 140 Å². The van der Waals surface area contributed by atoms with Crippen LogP contribution in [0.4, 0.5) is 13.2 Å². The molecule has 4 aromatic rings. The summed E-state index contributed by atoms with van der Waals surface area (Å²) in [6.07, 6.45) is -13.8. The number of hydrogen-bond acceptors (Lipinski definition) is 16. The molecule has 4 aliphatic rings. The summed E-state index contributed by atoms with van der Waals surface area (Å²) in [5.74, 6) is -7.14. The number of rotatable bonds is 25. The van der Waals surface area contributed by atoms with Crippen molar-refractivity contribution < 1.29 is 85.2 Å². The second-order valence-corrected chi connectivity index (χ2v) is 22.5. The first-order chi connectivity index (χ1) is 40.5. The maximum absolute atomic E-state index is 14.3. The molecule has 2 saturated carbocycles. The van der Waals surface area contributed by atoms with Crippen LogP contribution in [0.2, 0.25) is 0 Å². The van der Waals surface area contributed by atoms with Crippen molar-refractivity contribution in [1.82, 2.24) is 10.6 Å². The molecule has 84 heavy (non-hydrogen) atoms. The van der Waals surface area contributed by atoms with Gasteiger partial charge in [0, 0.05) is 12.0 Å². The summed E-state index contributed by atoms with van der Waals surface area (Å²) in [6.45, 7) is 2.11. The number of methoxy groups -OCH3 is 1. The highest BCUT2D eigenvalue weighted by Gasteiger charge is 2.55. The van der Waals surface area contributed by atoms with Crippen molar-refractivity contribution in [2.45, 2.75) is 177 Å². The number of aliphatic hydroxyl groups excluding tert-OH is 2. The fourth-order valence-electron chi connectivity index (χ4n) is 12.1. The predicted molar refractivity (Wildman–Crippen MR) is 298 cm³/mol. The van der Waals surface area contributed by atoms with E-state index < -0.39 is 140 Å². The van der Waals surface area contributed by atoms with E-state index in [0.29, 0.717) is 5.56 Å². The highest BCUT2D eigenvalue weighted by atomic mass is 19.4. The van der Waals surface area contributed by atoms with Crippen LogP contribution in [0.1, 0.15) is 87.5 Å². The highest BCUT2D eigenvalue weighted by Crippen LogP contribution is 2.43. The molecule has 8 rings (SSSR count). The van der Waals surface area contributed by atoms with Crippen LogP contribution in [0.25, 0.3) is 0 Å². The van der Waals surface area contributed by atoms with Gasteiger partial charge in [0.2, 0.25) is 5.91 Å². The van der Waals surface area contributed by atoms with Crippen LogP contribution in [0.3, 0.4) is 0 Å². The Bertz CT molecular complexity index is 2660. The Morgan fingerprint density at radius 2 is 1.25 bits per heavy atom. The number of amides is 2. The first kappa shape index (κ1) is 64.2. The molecular formula is C63H80F3N3O15. The van der Waals surface area contributed by atoms with Crippen molar-refractivity contribution in [3.05, 3.63) is 144 Å². The molecule has 0 radical (unpaired) electrons. The summed E-state index contributed by atoms with van der Waals surface area (Å²) in [5, 5.41) is 27.2. The minimum atomic E-state index is -5.33. The molecule has 0 bridgehead atoms. The molecule has 2 aliphatic heterocycles. The number of nitrogens with two attached hydrogens (primary N) is 1. The number of nitrogens with one attached hydrogen (secondary N) is 2. The van der Waals surface area contributed by atoms with Gasteiger partial charge in [-0.2, -0.15) is 13.2 Å². The minimum Gasteiger partial charge on any atom is -0.469 e. The fraction of sp³-hybridized carbons (Fsp3) is 0.556. The lowest BCUT2D eigenvalue weighted by molar-refractivity contribution is -0.304. The van der Waals surface area contributed by atoms with Crippen molar-refractivity contribution in [3.8, 4) is 0 Å². The number of aliphatic hydroxyl groups is 2. The van der Waals surface area contributed by atoms with Crippen molar-refractivity contribution in [2.75, 3.05) is 20.3 Å². The lowest BCUT2D eigenvalue weighted by Gasteiger charge is -2.51. The molecule has 2 amide bonds. The average Bonchev–Trinajstić information content (AvgIpc) is 3.70. The Labute approximate surface area is 488 Å². The Hall–Kier alpha value is -5.85. The van der Waals surface area contributed by atoms with Gasteiger partial charge in [-0.3, -0.25) is 14.4 Å². The van der Waals surface area contributed by atoms with Crippen molar-refractivity contribution in [3.63, 3.8) is 0 Å². The van der Waals surface area contributed by atoms with Crippen LogP contribution >= 0.6 is 0 Å². The van der Waals surface area contributed by atoms with Gasteiger partial charge >= 0.3 is 24.0 Å². The SMILES string of the molecule is COC(=O)C1CC(O[C@@H]2O[C@@H](CO)C(O)C(O[C@@H](CC3CCCCC3)C(=O)OCc3ccccc3)C2NC(=O)CNC(=O)C(F)(F)F)C(CC2OC(C)C(OCc3ccccc3)C(OCc3ccccc3)C2OCc2ccccc2)C(N)[C@@H]1C. The Morgan fingerprint density at radius 3 is 1.79 bits per heavy atom. The molecule has 4 aromatic carbocycles. The van der Waals surface area contributed by atoms with Crippen LogP contribution < -0.4 is 16.4 Å². The molecular weight excluding hydrogens is 1100 g/mol. The van der Waals surface area contributed by atoms with Crippen LogP contribution in [0.15, 0.2) is 121 Å². The largest absolute Gasteiger partial charge is 0.471 e. The van der Waals surface area contributed by atoms with Gasteiger partial charge in [0.15, 0.2) is 12.4 Å². The van der Waals surface area contributed by atoms with Crippen LogP contribution in [-0.2, 0) is 88.2 Å². The fourth-order valence-corrected chi connectivity index (χ4v) is 12.1. The molecule has 12 unspecified atom stereocenters. The van der Waals surface area contributed by atoms with E-state index in [1.807, 2.05) is 111 Å². The van der Waals surface area contributed by atoms with E-state index in [9.17, 15) is 42.6 Å². The Kier molecular flexibility index (Phi) is 23.7. The second kappa shape index (κ2) is 31.0. The molecule has 458 valence electrons. The third-order valence-electron chi connectivity index (χ3n) is 16.7. The zero-order chi connectivity index (χ0) is 59.8. The van der Waals surface area contributed by atoms with Crippen LogP contribution in [0.5, 0.6) is 0 Å². The zero-order valence-corrected chi connectivity index (χ0v) is 47.7. The smallest absolute Gasteiger partial charge is 0.469 e. The highest BCUT2D eigenvalue weighted by molar-refractivity contribution is 5.87. The van der Waals surface area contributed by atoms with E-state index in [-0.39, 0.29) is 51.6 Å². The summed E-state index contributed by atoms with van der Waals surface area (Å²) in [6, 6.07) is 35.3. The second-order valence-electron chi connectivity index (χ2n) is 22.5. The molecule has 0 spiro atoms. The third kappa shape index (κ3) is 17.4. The summed E-state index contributed by atoms with van der Waals surface area (Å²) < 4.78 is 99.1. The molecule has 0 aromatic heterocycles. The quantitative estimate of drug-likeness (QED) is 0.0429. The number of hydrogen-bond donors (Lipinski definition) is 5. The molecule has 6 N–H and O–H groups in total. The topological polar surface area (TPSA) is 242 Å². The van der Waals surface area contributed by atoms with Gasteiger partial charge in [-0.1, -0.05) is 160 Å². The van der Waals surface area contributed by atoms with Gasteiger partial charge in [0.05, 0.1) is 64.3 Å². The molecule has 2 heterocycles.